The first-order chi connectivity index (χ1) is 18.5. The maximum atomic E-state index is 12.5. The highest BCUT2D eigenvalue weighted by Crippen LogP contribution is 2.36. The van der Waals surface area contributed by atoms with E-state index in [9.17, 15) is 4.79 Å². The number of hydrogen-bond donors (Lipinski definition) is 3. The summed E-state index contributed by atoms with van der Waals surface area (Å²) in [5.41, 5.74) is 8.19. The van der Waals surface area contributed by atoms with E-state index in [2.05, 4.69) is 31.5 Å². The SMILES string of the molecule is Cc1cc(NC(=O)C2CCC2)cc(-c2ccc3[nH]nc(-c4nc5c(-c6ccc(Cl)s6)cncc5[nH]4)c3n2)c1. The third-order valence-corrected chi connectivity index (χ3v) is 8.25. The van der Waals surface area contributed by atoms with Gasteiger partial charge in [-0.2, -0.15) is 5.10 Å². The van der Waals surface area contributed by atoms with Crippen LogP contribution in [-0.2, 0) is 4.79 Å². The zero-order chi connectivity index (χ0) is 25.8. The van der Waals surface area contributed by atoms with Gasteiger partial charge < -0.3 is 10.3 Å². The topological polar surface area (TPSA) is 112 Å². The van der Waals surface area contributed by atoms with Crippen LogP contribution in [0.1, 0.15) is 24.8 Å². The summed E-state index contributed by atoms with van der Waals surface area (Å²) in [6.45, 7) is 2.02. The van der Waals surface area contributed by atoms with Gasteiger partial charge in [0, 0.05) is 33.8 Å². The maximum Gasteiger partial charge on any atom is 0.227 e. The van der Waals surface area contributed by atoms with Crippen molar-refractivity contribution >= 4 is 56.6 Å². The van der Waals surface area contributed by atoms with Crippen molar-refractivity contribution in [2.45, 2.75) is 26.2 Å². The first-order valence-corrected chi connectivity index (χ1v) is 13.6. The van der Waals surface area contributed by atoms with Crippen LogP contribution in [0.15, 0.2) is 54.9 Å². The summed E-state index contributed by atoms with van der Waals surface area (Å²) >= 11 is 7.66. The van der Waals surface area contributed by atoms with Gasteiger partial charge in [0.05, 0.1) is 27.3 Å². The van der Waals surface area contributed by atoms with E-state index in [1.54, 1.807) is 12.4 Å². The molecule has 1 fully saturated rings. The number of halogens is 1. The number of aryl methyl sites for hydroxylation is 1. The number of H-pyrrole nitrogens is 2. The minimum absolute atomic E-state index is 0.0943. The molecule has 5 aromatic heterocycles. The lowest BCUT2D eigenvalue weighted by Crippen LogP contribution is -2.28. The highest BCUT2D eigenvalue weighted by Gasteiger charge is 2.25. The third-order valence-electron chi connectivity index (χ3n) is 6.98. The fourth-order valence-corrected chi connectivity index (χ4v) is 5.88. The Morgan fingerprint density at radius 2 is 1.95 bits per heavy atom. The standard InChI is InChI=1S/C28H22ClN7OS/c1-14-9-16(11-17(10-14)31-28(37)15-3-2-4-15)19-5-6-20-25(32-19)26(36-35-20)27-33-21-13-30-12-18(24(21)34-27)22-7-8-23(29)38-22/h5-13,15H,2-4H2,1H3,(H,31,37)(H,33,34)(H,35,36). The molecule has 3 N–H and O–H groups in total. The van der Waals surface area contributed by atoms with Crippen LogP contribution in [0.3, 0.4) is 0 Å². The summed E-state index contributed by atoms with van der Waals surface area (Å²) < 4.78 is 0.713. The van der Waals surface area contributed by atoms with E-state index in [0.717, 1.165) is 68.8 Å². The van der Waals surface area contributed by atoms with E-state index in [4.69, 9.17) is 21.6 Å². The van der Waals surface area contributed by atoms with Crippen LogP contribution in [0.25, 0.3) is 55.3 Å². The van der Waals surface area contributed by atoms with Gasteiger partial charge >= 0.3 is 0 Å². The average Bonchev–Trinajstić information content (AvgIpc) is 3.59. The number of carbonyl (C=O) groups is 1. The molecule has 0 unspecified atom stereocenters. The molecular formula is C28H22ClN7OS. The van der Waals surface area contributed by atoms with E-state index >= 15 is 0 Å². The number of nitrogens with one attached hydrogen (secondary N) is 3. The Balaban J connectivity index is 1.28. The maximum absolute atomic E-state index is 12.5. The molecular weight excluding hydrogens is 518 g/mol. The van der Waals surface area contributed by atoms with Crippen LogP contribution in [-0.4, -0.2) is 36.0 Å². The molecule has 38 heavy (non-hydrogen) atoms. The molecule has 1 saturated carbocycles. The van der Waals surface area contributed by atoms with Crippen molar-refractivity contribution < 1.29 is 4.79 Å². The fraction of sp³-hybridized carbons (Fsp3) is 0.179. The Bertz CT molecular complexity index is 1850. The van der Waals surface area contributed by atoms with Gasteiger partial charge in [-0.1, -0.05) is 18.0 Å². The number of aromatic nitrogens is 6. The van der Waals surface area contributed by atoms with Gasteiger partial charge in [0.15, 0.2) is 11.5 Å². The molecule has 8 nitrogen and oxygen atoms in total. The predicted molar refractivity (Wildman–Crippen MR) is 151 cm³/mol. The first-order valence-electron chi connectivity index (χ1n) is 12.4. The van der Waals surface area contributed by atoms with Crippen LogP contribution < -0.4 is 5.32 Å². The summed E-state index contributed by atoms with van der Waals surface area (Å²) in [6, 6.07) is 13.8. The lowest BCUT2D eigenvalue weighted by molar-refractivity contribution is -0.122. The van der Waals surface area contributed by atoms with E-state index < -0.39 is 0 Å². The number of fused-ring (bicyclic) bond motifs is 2. The molecule has 1 amide bonds. The number of imidazole rings is 1. The molecule has 1 aromatic carbocycles. The molecule has 0 atom stereocenters. The van der Waals surface area contributed by atoms with Gasteiger partial charge in [-0.15, -0.1) is 11.3 Å². The molecule has 1 aliphatic rings. The second kappa shape index (κ2) is 9.04. The largest absolute Gasteiger partial charge is 0.335 e. The highest BCUT2D eigenvalue weighted by atomic mass is 35.5. The molecule has 0 radical (unpaired) electrons. The molecule has 5 heterocycles. The molecule has 6 aromatic rings. The number of pyridine rings is 2. The highest BCUT2D eigenvalue weighted by molar-refractivity contribution is 7.19. The summed E-state index contributed by atoms with van der Waals surface area (Å²) in [4.78, 5) is 31.1. The number of benzene rings is 1. The molecule has 0 bridgehead atoms. The van der Waals surface area contributed by atoms with E-state index in [1.165, 1.54) is 11.3 Å². The lowest BCUT2D eigenvalue weighted by atomic mass is 9.85. The number of carbonyl (C=O) groups excluding carboxylic acids is 1. The smallest absolute Gasteiger partial charge is 0.227 e. The number of rotatable bonds is 5. The monoisotopic (exact) mass is 539 g/mol. The minimum atomic E-state index is 0.0943. The normalized spacial score (nSPS) is 13.7. The van der Waals surface area contributed by atoms with Gasteiger partial charge in [0.25, 0.3) is 0 Å². The van der Waals surface area contributed by atoms with Gasteiger partial charge in [0.2, 0.25) is 5.91 Å². The van der Waals surface area contributed by atoms with Crippen LogP contribution in [0.2, 0.25) is 4.34 Å². The molecule has 0 spiro atoms. The third kappa shape index (κ3) is 4.04. The number of anilines is 1. The van der Waals surface area contributed by atoms with Crippen molar-refractivity contribution in [2.24, 2.45) is 5.92 Å². The Kier molecular flexibility index (Phi) is 5.49. The summed E-state index contributed by atoms with van der Waals surface area (Å²) in [6.07, 6.45) is 6.61. The molecule has 10 heteroatoms. The van der Waals surface area contributed by atoms with E-state index in [0.29, 0.717) is 21.4 Å². The molecule has 7 rings (SSSR count). The Labute approximate surface area is 226 Å². The zero-order valence-corrected chi connectivity index (χ0v) is 22.0. The number of aromatic amines is 2. The summed E-state index contributed by atoms with van der Waals surface area (Å²) in [7, 11) is 0. The van der Waals surface area contributed by atoms with Crippen molar-refractivity contribution in [3.63, 3.8) is 0 Å². The predicted octanol–water partition coefficient (Wildman–Crippen LogP) is 6.99. The number of nitrogens with zero attached hydrogens (tertiary/aromatic N) is 4. The van der Waals surface area contributed by atoms with Crippen LogP contribution in [0, 0.1) is 12.8 Å². The quantitative estimate of drug-likeness (QED) is 0.218. The van der Waals surface area contributed by atoms with Crippen LogP contribution in [0.5, 0.6) is 0 Å². The van der Waals surface area contributed by atoms with Crippen molar-refractivity contribution in [2.75, 3.05) is 5.32 Å². The Hall–Kier alpha value is -4.08. The molecule has 188 valence electrons. The molecule has 0 aliphatic heterocycles. The van der Waals surface area contributed by atoms with Crippen molar-refractivity contribution in [3.8, 4) is 33.2 Å². The minimum Gasteiger partial charge on any atom is -0.335 e. The number of hydrogen-bond acceptors (Lipinski definition) is 6. The summed E-state index contributed by atoms with van der Waals surface area (Å²) in [5.74, 6) is 0.820. The van der Waals surface area contributed by atoms with Crippen molar-refractivity contribution in [1.29, 1.82) is 0 Å². The molecule has 0 saturated heterocycles. The van der Waals surface area contributed by atoms with Gasteiger partial charge in [0.1, 0.15) is 11.0 Å². The lowest BCUT2D eigenvalue weighted by Gasteiger charge is -2.24. The summed E-state index contributed by atoms with van der Waals surface area (Å²) in [5, 5.41) is 10.7. The van der Waals surface area contributed by atoms with Gasteiger partial charge in [-0.25, -0.2) is 9.97 Å². The van der Waals surface area contributed by atoms with E-state index in [-0.39, 0.29) is 11.8 Å². The fourth-order valence-electron chi connectivity index (χ4n) is 4.83. The van der Waals surface area contributed by atoms with Crippen molar-refractivity contribution in [3.05, 3.63) is 64.8 Å². The van der Waals surface area contributed by atoms with Gasteiger partial charge in [-0.05, 0) is 67.8 Å². The second-order valence-corrected chi connectivity index (χ2v) is 11.4. The number of amides is 1. The van der Waals surface area contributed by atoms with E-state index in [1.807, 2.05) is 43.3 Å². The zero-order valence-electron chi connectivity index (χ0n) is 20.4. The Morgan fingerprint density at radius 1 is 1.05 bits per heavy atom. The number of thiophene rings is 1. The Morgan fingerprint density at radius 3 is 2.74 bits per heavy atom. The molecule has 1 aliphatic carbocycles. The first kappa shape index (κ1) is 23.1. The van der Waals surface area contributed by atoms with Crippen LogP contribution in [0.4, 0.5) is 5.69 Å². The van der Waals surface area contributed by atoms with Crippen LogP contribution >= 0.6 is 22.9 Å². The second-order valence-electron chi connectivity index (χ2n) is 9.64. The average molecular weight is 540 g/mol. The van der Waals surface area contributed by atoms with Gasteiger partial charge in [-0.3, -0.25) is 14.9 Å². The van der Waals surface area contributed by atoms with Crippen molar-refractivity contribution in [1.82, 2.24) is 30.1 Å².